The van der Waals surface area contributed by atoms with E-state index in [4.69, 9.17) is 24.3 Å². The zero-order chi connectivity index (χ0) is 17.7. The predicted molar refractivity (Wildman–Crippen MR) is 82.0 cm³/mol. The molecule has 0 aromatic heterocycles. The Hall–Kier alpha value is -0.0900. The molecule has 10 heteroatoms. The Kier molecular flexibility index (Phi) is 8.06. The van der Waals surface area contributed by atoms with Crippen LogP contribution in [0.25, 0.3) is 0 Å². The average Bonchev–Trinajstić information content (AvgIpc) is 2.52. The van der Waals surface area contributed by atoms with Gasteiger partial charge in [-0.3, -0.25) is 4.57 Å². The van der Waals surface area contributed by atoms with Gasteiger partial charge in [0.05, 0.1) is 32.5 Å². The van der Waals surface area contributed by atoms with Gasteiger partial charge in [0, 0.05) is 6.54 Å². The molecule has 0 amide bonds. The van der Waals surface area contributed by atoms with Gasteiger partial charge in [-0.25, -0.2) is 0 Å². The summed E-state index contributed by atoms with van der Waals surface area (Å²) in [6, 6.07) is 0. The SMILES string of the molecule is CC(C)OC[C@@H](O)[C@@H](O)[C@@H](O)COP1(=O)OCC1(C)OCCN. The second-order valence-electron chi connectivity index (χ2n) is 5.89. The lowest BCUT2D eigenvalue weighted by molar-refractivity contribution is -0.113. The van der Waals surface area contributed by atoms with E-state index in [2.05, 4.69) is 0 Å². The molecule has 23 heavy (non-hydrogen) atoms. The highest BCUT2D eigenvalue weighted by Crippen LogP contribution is 2.68. The second kappa shape index (κ2) is 8.84. The standard InChI is InChI=1S/C13H28NO8P/c1-9(2)19-6-10(15)12(17)11(16)7-21-23(18)13(3,8-22-23)20-5-4-14/h9-12,15-17H,4-8,14H2,1-3H3/t10-,11+,12-,13?,23?/m1/s1. The maximum absolute atomic E-state index is 12.5. The summed E-state index contributed by atoms with van der Waals surface area (Å²) in [5.41, 5.74) is 5.34. The smallest absolute Gasteiger partial charge is 0.364 e. The van der Waals surface area contributed by atoms with Crippen LogP contribution in [0, 0.1) is 0 Å². The summed E-state index contributed by atoms with van der Waals surface area (Å²) in [5.74, 6) is 0. The Labute approximate surface area is 136 Å². The van der Waals surface area contributed by atoms with Crippen molar-refractivity contribution in [3.8, 4) is 0 Å². The van der Waals surface area contributed by atoms with E-state index < -0.39 is 37.9 Å². The van der Waals surface area contributed by atoms with E-state index in [1.165, 1.54) is 0 Å². The number of rotatable bonds is 11. The van der Waals surface area contributed by atoms with Crippen molar-refractivity contribution < 1.29 is 38.4 Å². The Balaban J connectivity index is 2.45. The Bertz CT molecular complexity index is 409. The zero-order valence-electron chi connectivity index (χ0n) is 13.8. The molecule has 0 radical (unpaired) electrons. The predicted octanol–water partition coefficient (Wildman–Crippen LogP) is -0.574. The van der Waals surface area contributed by atoms with Crippen molar-refractivity contribution in [2.24, 2.45) is 5.73 Å². The fraction of sp³-hybridized carbons (Fsp3) is 1.00. The van der Waals surface area contributed by atoms with E-state index in [9.17, 15) is 19.9 Å². The summed E-state index contributed by atoms with van der Waals surface area (Å²) in [4.78, 5) is 0. The fourth-order valence-electron chi connectivity index (χ4n) is 1.84. The van der Waals surface area contributed by atoms with Crippen molar-refractivity contribution >= 4 is 7.60 Å². The highest BCUT2D eigenvalue weighted by Gasteiger charge is 2.58. The van der Waals surface area contributed by atoms with Crippen LogP contribution in [0.5, 0.6) is 0 Å². The molecule has 1 fully saturated rings. The molecule has 1 heterocycles. The molecule has 0 aromatic rings. The first-order valence-corrected chi connectivity index (χ1v) is 9.08. The molecule has 1 saturated heterocycles. The van der Waals surface area contributed by atoms with Gasteiger partial charge in [0.25, 0.3) is 0 Å². The van der Waals surface area contributed by atoms with Gasteiger partial charge >= 0.3 is 7.60 Å². The third-order valence-corrected chi connectivity index (χ3v) is 5.79. The third kappa shape index (κ3) is 5.45. The van der Waals surface area contributed by atoms with Crippen molar-refractivity contribution in [2.75, 3.05) is 33.0 Å². The summed E-state index contributed by atoms with van der Waals surface area (Å²) in [5, 5.41) is 28.3. The molecule has 5 atom stereocenters. The molecule has 2 unspecified atom stereocenters. The molecular formula is C13H28NO8P. The van der Waals surface area contributed by atoms with Crippen molar-refractivity contribution in [1.82, 2.24) is 0 Å². The second-order valence-corrected chi connectivity index (χ2v) is 8.34. The number of hydrogen-bond acceptors (Lipinski definition) is 9. The van der Waals surface area contributed by atoms with Crippen molar-refractivity contribution in [3.63, 3.8) is 0 Å². The first kappa shape index (κ1) is 21.0. The van der Waals surface area contributed by atoms with E-state index >= 15 is 0 Å². The number of ether oxygens (including phenoxy) is 2. The van der Waals surface area contributed by atoms with E-state index in [0.717, 1.165) is 0 Å². The van der Waals surface area contributed by atoms with E-state index in [1.54, 1.807) is 20.8 Å². The van der Waals surface area contributed by atoms with Crippen LogP contribution < -0.4 is 5.73 Å². The summed E-state index contributed by atoms with van der Waals surface area (Å²) in [7, 11) is -3.56. The molecular weight excluding hydrogens is 329 g/mol. The minimum atomic E-state index is -3.56. The molecule has 138 valence electrons. The van der Waals surface area contributed by atoms with Gasteiger partial charge < -0.3 is 39.6 Å². The molecule has 1 aliphatic rings. The van der Waals surface area contributed by atoms with Gasteiger partial charge in [-0.15, -0.1) is 0 Å². The van der Waals surface area contributed by atoms with Crippen LogP contribution in [-0.4, -0.2) is 78.0 Å². The maximum Gasteiger partial charge on any atom is 0.364 e. The maximum atomic E-state index is 12.5. The topological polar surface area (TPSA) is 141 Å². The van der Waals surface area contributed by atoms with Gasteiger partial charge in [-0.1, -0.05) is 0 Å². The first-order chi connectivity index (χ1) is 10.6. The van der Waals surface area contributed by atoms with Crippen LogP contribution in [0.2, 0.25) is 0 Å². The van der Waals surface area contributed by atoms with Gasteiger partial charge in [0.2, 0.25) is 0 Å². The van der Waals surface area contributed by atoms with E-state index in [-0.39, 0.29) is 32.5 Å². The summed E-state index contributed by atoms with van der Waals surface area (Å²) in [6.45, 7) is 5.07. The van der Waals surface area contributed by atoms with Gasteiger partial charge in [0.15, 0.2) is 5.34 Å². The molecule has 0 spiro atoms. The van der Waals surface area contributed by atoms with Crippen molar-refractivity contribution in [2.45, 2.75) is 50.5 Å². The van der Waals surface area contributed by atoms with Crippen LogP contribution in [-0.2, 0) is 23.1 Å². The summed E-state index contributed by atoms with van der Waals surface area (Å²) in [6.07, 6.45) is -4.36. The van der Waals surface area contributed by atoms with Crippen molar-refractivity contribution in [3.05, 3.63) is 0 Å². The Morgan fingerprint density at radius 1 is 1.26 bits per heavy atom. The van der Waals surface area contributed by atoms with Crippen LogP contribution >= 0.6 is 7.60 Å². The third-order valence-electron chi connectivity index (χ3n) is 3.42. The van der Waals surface area contributed by atoms with Gasteiger partial charge in [-0.05, 0) is 20.8 Å². The normalized spacial score (nSPS) is 31.7. The lowest BCUT2D eigenvalue weighted by atomic mass is 10.1. The first-order valence-electron chi connectivity index (χ1n) is 7.54. The lowest BCUT2D eigenvalue weighted by Gasteiger charge is -2.44. The van der Waals surface area contributed by atoms with E-state index in [1.807, 2.05) is 0 Å². The minimum absolute atomic E-state index is 0.0911. The van der Waals surface area contributed by atoms with Crippen LogP contribution in [0.1, 0.15) is 20.8 Å². The van der Waals surface area contributed by atoms with Crippen LogP contribution in [0.15, 0.2) is 0 Å². The zero-order valence-corrected chi connectivity index (χ0v) is 14.6. The summed E-state index contributed by atoms with van der Waals surface area (Å²) < 4.78 is 33.1. The molecule has 9 nitrogen and oxygen atoms in total. The fourth-order valence-corrected chi connectivity index (χ4v) is 3.49. The minimum Gasteiger partial charge on any atom is -0.388 e. The number of nitrogens with two attached hydrogens (primary N) is 1. The van der Waals surface area contributed by atoms with E-state index in [0.29, 0.717) is 0 Å². The Morgan fingerprint density at radius 3 is 2.35 bits per heavy atom. The number of aliphatic hydroxyl groups is 3. The van der Waals surface area contributed by atoms with Gasteiger partial charge in [0.1, 0.15) is 18.3 Å². The number of aliphatic hydroxyl groups excluding tert-OH is 3. The quantitative estimate of drug-likeness (QED) is 0.358. The monoisotopic (exact) mass is 357 g/mol. The molecule has 0 aliphatic carbocycles. The lowest BCUT2D eigenvalue weighted by Crippen LogP contribution is -2.47. The summed E-state index contributed by atoms with van der Waals surface area (Å²) >= 11 is 0. The molecule has 0 aromatic carbocycles. The van der Waals surface area contributed by atoms with Gasteiger partial charge in [-0.2, -0.15) is 0 Å². The van der Waals surface area contributed by atoms with Crippen LogP contribution in [0.3, 0.4) is 0 Å². The molecule has 0 bridgehead atoms. The highest BCUT2D eigenvalue weighted by molar-refractivity contribution is 7.56. The molecule has 0 saturated carbocycles. The molecule has 1 aliphatic heterocycles. The highest BCUT2D eigenvalue weighted by atomic mass is 31.2. The Morgan fingerprint density at radius 2 is 1.87 bits per heavy atom. The van der Waals surface area contributed by atoms with Crippen LogP contribution in [0.4, 0.5) is 0 Å². The molecule has 1 rings (SSSR count). The largest absolute Gasteiger partial charge is 0.388 e. The van der Waals surface area contributed by atoms with Crippen molar-refractivity contribution in [1.29, 1.82) is 0 Å². The average molecular weight is 357 g/mol. The number of hydrogen-bond donors (Lipinski definition) is 4. The molecule has 5 N–H and O–H groups in total.